The Morgan fingerprint density at radius 2 is 2.10 bits per heavy atom. The topological polar surface area (TPSA) is 68.0 Å². The van der Waals surface area contributed by atoms with E-state index >= 15 is 0 Å². The normalized spacial score (nSPS) is 10.9. The van der Waals surface area contributed by atoms with Gasteiger partial charge in [0.15, 0.2) is 0 Å². The van der Waals surface area contributed by atoms with Gasteiger partial charge in [0.25, 0.3) is 0 Å². The number of rotatable bonds is 2. The number of aromatic nitrogens is 3. The minimum absolute atomic E-state index is 0.250. The third-order valence-electron chi connectivity index (χ3n) is 3.16. The largest absolute Gasteiger partial charge is 0.478 e. The van der Waals surface area contributed by atoms with E-state index in [0.717, 1.165) is 27.9 Å². The van der Waals surface area contributed by atoms with Gasteiger partial charge < -0.3 is 9.67 Å². The fourth-order valence-electron chi connectivity index (χ4n) is 2.26. The molecule has 0 amide bonds. The van der Waals surface area contributed by atoms with Gasteiger partial charge in [0.05, 0.1) is 23.1 Å². The summed E-state index contributed by atoms with van der Waals surface area (Å²) in [5.74, 6) is -0.945. The number of aromatic carboxylic acids is 1. The number of carboxylic acid groups (broad SMARTS) is 1. The highest BCUT2D eigenvalue weighted by Crippen LogP contribution is 2.28. The van der Waals surface area contributed by atoms with Crippen molar-refractivity contribution < 1.29 is 9.90 Å². The molecule has 1 aromatic carbocycles. The minimum atomic E-state index is -0.945. The number of benzene rings is 1. The molecule has 2 heterocycles. The summed E-state index contributed by atoms with van der Waals surface area (Å²) >= 11 is 0. The van der Waals surface area contributed by atoms with E-state index in [1.165, 1.54) is 0 Å². The Morgan fingerprint density at radius 3 is 2.75 bits per heavy atom. The van der Waals surface area contributed by atoms with E-state index in [1.54, 1.807) is 24.5 Å². The Balaban J connectivity index is 2.33. The van der Waals surface area contributed by atoms with Gasteiger partial charge in [0.1, 0.15) is 0 Å². The van der Waals surface area contributed by atoms with Crippen molar-refractivity contribution in [2.75, 3.05) is 0 Å². The second-order valence-electron chi connectivity index (χ2n) is 4.77. The van der Waals surface area contributed by atoms with E-state index in [2.05, 4.69) is 9.97 Å². The van der Waals surface area contributed by atoms with Crippen LogP contribution in [0.5, 0.6) is 0 Å². The van der Waals surface area contributed by atoms with Crippen molar-refractivity contribution in [3.05, 3.63) is 48.0 Å². The van der Waals surface area contributed by atoms with E-state index in [4.69, 9.17) is 5.11 Å². The number of imidazole rings is 1. The average Bonchev–Trinajstić information content (AvgIpc) is 2.83. The van der Waals surface area contributed by atoms with Gasteiger partial charge in [-0.25, -0.2) is 9.78 Å². The van der Waals surface area contributed by atoms with Crippen LogP contribution in [0.25, 0.3) is 22.2 Å². The predicted molar refractivity (Wildman–Crippen MR) is 75.6 cm³/mol. The quantitative estimate of drug-likeness (QED) is 0.775. The number of fused-ring (bicyclic) bond motifs is 1. The first-order valence-electron chi connectivity index (χ1n) is 6.17. The lowest BCUT2D eigenvalue weighted by atomic mass is 10.0. The van der Waals surface area contributed by atoms with Crippen molar-refractivity contribution in [3.8, 4) is 11.3 Å². The Bertz CT molecular complexity index is 821. The number of nitrogens with zero attached hydrogens (tertiary/aromatic N) is 3. The molecule has 20 heavy (non-hydrogen) atoms. The van der Waals surface area contributed by atoms with E-state index in [-0.39, 0.29) is 5.56 Å². The molecule has 0 unspecified atom stereocenters. The van der Waals surface area contributed by atoms with Crippen molar-refractivity contribution in [2.45, 2.75) is 6.92 Å². The van der Waals surface area contributed by atoms with Crippen LogP contribution in [-0.2, 0) is 7.05 Å². The Labute approximate surface area is 115 Å². The van der Waals surface area contributed by atoms with Gasteiger partial charge in [-0.15, -0.1) is 0 Å². The van der Waals surface area contributed by atoms with Crippen LogP contribution in [0.15, 0.2) is 36.8 Å². The Kier molecular flexibility index (Phi) is 2.75. The Hall–Kier alpha value is -2.69. The van der Waals surface area contributed by atoms with Crippen LogP contribution in [0.1, 0.15) is 16.1 Å². The third kappa shape index (κ3) is 2.03. The summed E-state index contributed by atoms with van der Waals surface area (Å²) in [5.41, 5.74) is 3.61. The summed E-state index contributed by atoms with van der Waals surface area (Å²) in [7, 11) is 1.90. The summed E-state index contributed by atoms with van der Waals surface area (Å²) in [4.78, 5) is 19.9. The van der Waals surface area contributed by atoms with Crippen LogP contribution in [0.2, 0.25) is 0 Å². The van der Waals surface area contributed by atoms with Crippen molar-refractivity contribution in [1.82, 2.24) is 14.5 Å². The van der Waals surface area contributed by atoms with Gasteiger partial charge in [-0.1, -0.05) is 0 Å². The molecule has 0 aliphatic heterocycles. The molecule has 3 aromatic rings. The number of pyridine rings is 1. The van der Waals surface area contributed by atoms with Crippen LogP contribution < -0.4 is 0 Å². The molecule has 5 nitrogen and oxygen atoms in total. The molecule has 2 aromatic heterocycles. The van der Waals surface area contributed by atoms with Crippen LogP contribution in [0.3, 0.4) is 0 Å². The Morgan fingerprint density at radius 1 is 1.30 bits per heavy atom. The maximum absolute atomic E-state index is 11.1. The number of aryl methyl sites for hydroxylation is 2. The summed E-state index contributed by atoms with van der Waals surface area (Å²) < 4.78 is 1.86. The third-order valence-corrected chi connectivity index (χ3v) is 3.16. The molecule has 0 aliphatic carbocycles. The fourth-order valence-corrected chi connectivity index (χ4v) is 2.26. The number of carboxylic acids is 1. The maximum atomic E-state index is 11.1. The van der Waals surface area contributed by atoms with E-state index in [0.29, 0.717) is 0 Å². The van der Waals surface area contributed by atoms with Crippen molar-refractivity contribution in [3.63, 3.8) is 0 Å². The van der Waals surface area contributed by atoms with Gasteiger partial charge >= 0.3 is 5.97 Å². The van der Waals surface area contributed by atoms with Gasteiger partial charge in [-0.3, -0.25) is 4.98 Å². The highest BCUT2D eigenvalue weighted by atomic mass is 16.4. The molecule has 0 spiro atoms. The molecular formula is C15H13N3O2. The highest BCUT2D eigenvalue weighted by molar-refractivity contribution is 5.99. The van der Waals surface area contributed by atoms with Gasteiger partial charge in [0, 0.05) is 29.9 Å². The lowest BCUT2D eigenvalue weighted by molar-refractivity contribution is 0.0697. The highest BCUT2D eigenvalue weighted by Gasteiger charge is 2.11. The average molecular weight is 267 g/mol. The smallest absolute Gasteiger partial charge is 0.335 e. The molecule has 0 aliphatic rings. The van der Waals surface area contributed by atoms with E-state index < -0.39 is 5.97 Å². The first kappa shape index (κ1) is 12.3. The summed E-state index contributed by atoms with van der Waals surface area (Å²) in [5, 5.41) is 9.92. The lowest BCUT2D eigenvalue weighted by Crippen LogP contribution is -1.97. The number of hydrogen-bond acceptors (Lipinski definition) is 3. The zero-order valence-electron chi connectivity index (χ0n) is 11.2. The molecule has 0 saturated heterocycles. The predicted octanol–water partition coefficient (Wildman–Crippen LogP) is 2.64. The molecule has 0 radical (unpaired) electrons. The van der Waals surface area contributed by atoms with Gasteiger partial charge in [-0.05, 0) is 31.2 Å². The molecule has 100 valence electrons. The second-order valence-corrected chi connectivity index (χ2v) is 4.77. The van der Waals surface area contributed by atoms with Crippen molar-refractivity contribution in [2.24, 2.45) is 7.05 Å². The zero-order chi connectivity index (χ0) is 14.3. The van der Waals surface area contributed by atoms with Gasteiger partial charge in [0.2, 0.25) is 0 Å². The van der Waals surface area contributed by atoms with E-state index in [1.807, 2.05) is 30.8 Å². The number of carbonyl (C=O) groups is 1. The molecule has 0 atom stereocenters. The summed E-state index contributed by atoms with van der Waals surface area (Å²) in [6.45, 7) is 1.91. The van der Waals surface area contributed by atoms with Crippen LogP contribution in [-0.4, -0.2) is 25.6 Å². The molecule has 0 fully saturated rings. The molecule has 3 rings (SSSR count). The molecule has 1 N–H and O–H groups in total. The lowest BCUT2D eigenvalue weighted by Gasteiger charge is -2.06. The fraction of sp³-hybridized carbons (Fsp3) is 0.133. The maximum Gasteiger partial charge on any atom is 0.335 e. The second kappa shape index (κ2) is 4.45. The van der Waals surface area contributed by atoms with E-state index in [9.17, 15) is 4.79 Å². The van der Waals surface area contributed by atoms with Crippen molar-refractivity contribution >= 4 is 16.9 Å². The zero-order valence-corrected chi connectivity index (χ0v) is 11.2. The molecule has 0 saturated carbocycles. The monoisotopic (exact) mass is 267 g/mol. The molecule has 0 bridgehead atoms. The van der Waals surface area contributed by atoms with Crippen LogP contribution >= 0.6 is 0 Å². The van der Waals surface area contributed by atoms with Crippen LogP contribution in [0.4, 0.5) is 0 Å². The first-order chi connectivity index (χ1) is 9.54. The standard InChI is InChI=1S/C15H13N3O2/c1-9-5-11(14-7-18(2)8-16-14)12-6-10(15(19)20)3-4-13(12)17-9/h3-8H,1-2H3,(H,19,20). The summed E-state index contributed by atoms with van der Waals surface area (Å²) in [6, 6.07) is 6.88. The summed E-state index contributed by atoms with van der Waals surface area (Å²) in [6.07, 6.45) is 3.62. The molecule has 5 heteroatoms. The van der Waals surface area contributed by atoms with Crippen molar-refractivity contribution in [1.29, 1.82) is 0 Å². The number of hydrogen-bond donors (Lipinski definition) is 1. The van der Waals surface area contributed by atoms with Gasteiger partial charge in [-0.2, -0.15) is 0 Å². The van der Waals surface area contributed by atoms with Crippen LogP contribution in [0, 0.1) is 6.92 Å². The minimum Gasteiger partial charge on any atom is -0.478 e. The SMILES string of the molecule is Cc1cc(-c2cn(C)cn2)c2cc(C(=O)O)ccc2n1. The first-order valence-corrected chi connectivity index (χ1v) is 6.17. The molecular weight excluding hydrogens is 254 g/mol.